The van der Waals surface area contributed by atoms with Crippen LogP contribution in [-0.2, 0) is 16.4 Å². The number of halogens is 5. The summed E-state index contributed by atoms with van der Waals surface area (Å²) in [6.45, 7) is 4.54. The number of piperidine rings is 1. The average molecular weight is 578 g/mol. The van der Waals surface area contributed by atoms with Crippen LogP contribution in [0.2, 0.25) is 0 Å². The number of aromatic nitrogens is 2. The molecule has 1 aromatic carbocycles. The fourth-order valence-electron chi connectivity index (χ4n) is 3.99. The molecule has 0 unspecified atom stereocenters. The van der Waals surface area contributed by atoms with Crippen LogP contribution in [0.3, 0.4) is 0 Å². The van der Waals surface area contributed by atoms with Gasteiger partial charge in [-0.3, -0.25) is 4.72 Å². The number of nitrogens with one attached hydrogen (secondary N) is 3. The number of aryl methyl sites for hydroxylation is 1. The van der Waals surface area contributed by atoms with Crippen molar-refractivity contribution in [1.82, 2.24) is 15.3 Å². The van der Waals surface area contributed by atoms with E-state index in [2.05, 4.69) is 20.6 Å². The molecule has 2 aromatic heterocycles. The van der Waals surface area contributed by atoms with E-state index in [9.17, 15) is 30.4 Å². The van der Waals surface area contributed by atoms with Crippen molar-refractivity contribution < 1.29 is 35.1 Å². The van der Waals surface area contributed by atoms with Crippen LogP contribution in [0.25, 0.3) is 10.6 Å². The van der Waals surface area contributed by atoms with Gasteiger partial charge in [-0.1, -0.05) is 6.92 Å². The predicted molar refractivity (Wildman–Crippen MR) is 134 cm³/mol. The molecule has 0 amide bonds. The quantitative estimate of drug-likeness (QED) is 0.300. The summed E-state index contributed by atoms with van der Waals surface area (Å²) in [6, 6.07) is 2.80. The van der Waals surface area contributed by atoms with Crippen LogP contribution < -0.4 is 20.1 Å². The van der Waals surface area contributed by atoms with E-state index in [0.29, 0.717) is 42.1 Å². The smallest absolute Gasteiger partial charge is 0.355 e. The molecule has 1 aliphatic heterocycles. The molecule has 0 saturated carbocycles. The minimum atomic E-state index is -5.28. The average Bonchev–Trinajstić information content (AvgIpc) is 3.16. The largest absolute Gasteiger partial charge is 0.455 e. The summed E-state index contributed by atoms with van der Waals surface area (Å²) in [7, 11) is -5.28. The van der Waals surface area contributed by atoms with Crippen molar-refractivity contribution in [2.75, 3.05) is 23.1 Å². The first-order valence-corrected chi connectivity index (χ1v) is 13.9. The number of rotatable bonds is 9. The maximum Gasteiger partial charge on any atom is 0.355 e. The van der Waals surface area contributed by atoms with Gasteiger partial charge in [-0.2, -0.15) is 8.78 Å². The number of sulfonamides is 1. The van der Waals surface area contributed by atoms with Gasteiger partial charge in [0.05, 0.1) is 10.6 Å². The molecule has 1 saturated heterocycles. The summed E-state index contributed by atoms with van der Waals surface area (Å²) in [6.07, 6.45) is 1.33. The summed E-state index contributed by atoms with van der Waals surface area (Å²) in [5.74, 6) is -6.51. The second kappa shape index (κ2) is 11.4. The molecule has 8 nitrogen and oxygen atoms in total. The van der Waals surface area contributed by atoms with Crippen LogP contribution in [0.15, 0.2) is 24.4 Å². The van der Waals surface area contributed by atoms with Crippen LogP contribution in [0, 0.1) is 18.6 Å². The summed E-state index contributed by atoms with van der Waals surface area (Å²) in [4.78, 5) is 10.1. The van der Waals surface area contributed by atoms with E-state index in [-0.39, 0.29) is 30.0 Å². The Bertz CT molecular complexity index is 1400. The van der Waals surface area contributed by atoms with E-state index < -0.39 is 39.3 Å². The molecule has 206 valence electrons. The molecular weight excluding hydrogens is 553 g/mol. The highest BCUT2D eigenvalue weighted by atomic mass is 32.2. The van der Waals surface area contributed by atoms with E-state index in [1.54, 1.807) is 6.07 Å². The molecule has 15 heteroatoms. The van der Waals surface area contributed by atoms with Gasteiger partial charge in [-0.15, -0.1) is 11.3 Å². The van der Waals surface area contributed by atoms with Gasteiger partial charge in [0.25, 0.3) is 10.0 Å². The van der Waals surface area contributed by atoms with Gasteiger partial charge in [-0.25, -0.2) is 31.6 Å². The number of anilines is 2. The Hall–Kier alpha value is -3.04. The van der Waals surface area contributed by atoms with Crippen LogP contribution in [-0.4, -0.2) is 49.4 Å². The highest BCUT2D eigenvalue weighted by Gasteiger charge is 2.28. The maximum atomic E-state index is 14.6. The highest BCUT2D eigenvalue weighted by Crippen LogP contribution is 2.44. The summed E-state index contributed by atoms with van der Waals surface area (Å²) in [5.41, 5.74) is -0.0411. The fourth-order valence-corrected chi connectivity index (χ4v) is 5.70. The minimum absolute atomic E-state index is 0.215. The van der Waals surface area contributed by atoms with Crippen molar-refractivity contribution in [3.05, 3.63) is 46.5 Å². The maximum absolute atomic E-state index is 14.6. The normalized spacial score (nSPS) is 18.0. The molecule has 3 aromatic rings. The van der Waals surface area contributed by atoms with Gasteiger partial charge in [0.2, 0.25) is 5.95 Å². The van der Waals surface area contributed by atoms with Crippen LogP contribution in [0.5, 0.6) is 11.5 Å². The van der Waals surface area contributed by atoms with E-state index >= 15 is 0 Å². The SMILES string of the molecule is CCc1c(C)sc(-c2ccnc(N[C@@H]3CNC[C@@H](F)C3)n2)c1Oc1cc(F)c(NS(=O)(=O)C(F)F)c(F)c1. The summed E-state index contributed by atoms with van der Waals surface area (Å²) in [5, 5.41) is 6.09. The first kappa shape index (κ1) is 28.0. The van der Waals surface area contributed by atoms with Crippen LogP contribution >= 0.6 is 11.3 Å². The van der Waals surface area contributed by atoms with Crippen molar-refractivity contribution in [2.45, 2.75) is 44.7 Å². The van der Waals surface area contributed by atoms with Crippen molar-refractivity contribution in [2.24, 2.45) is 0 Å². The number of hydrogen-bond acceptors (Lipinski definition) is 8. The van der Waals surface area contributed by atoms with Crippen molar-refractivity contribution in [3.63, 3.8) is 0 Å². The number of benzene rings is 1. The molecule has 4 rings (SSSR count). The first-order chi connectivity index (χ1) is 18.0. The molecule has 1 aliphatic rings. The Labute approximate surface area is 219 Å². The summed E-state index contributed by atoms with van der Waals surface area (Å²) >= 11 is 1.34. The number of nitrogens with zero attached hydrogens (tertiary/aromatic N) is 2. The zero-order valence-corrected chi connectivity index (χ0v) is 21.8. The van der Waals surface area contributed by atoms with Gasteiger partial charge >= 0.3 is 5.76 Å². The van der Waals surface area contributed by atoms with E-state index in [0.717, 1.165) is 10.4 Å². The Morgan fingerprint density at radius 1 is 1.24 bits per heavy atom. The Kier molecular flexibility index (Phi) is 8.37. The molecule has 3 heterocycles. The zero-order valence-electron chi connectivity index (χ0n) is 20.2. The van der Waals surface area contributed by atoms with Gasteiger partial charge in [0.1, 0.15) is 17.6 Å². The third-order valence-corrected chi connectivity index (χ3v) is 7.86. The lowest BCUT2D eigenvalue weighted by atomic mass is 10.1. The topological polar surface area (TPSA) is 105 Å². The Balaban J connectivity index is 1.65. The van der Waals surface area contributed by atoms with Gasteiger partial charge in [-0.05, 0) is 19.4 Å². The Morgan fingerprint density at radius 2 is 1.95 bits per heavy atom. The number of ether oxygens (including phenoxy) is 1. The Morgan fingerprint density at radius 3 is 2.58 bits per heavy atom. The minimum Gasteiger partial charge on any atom is -0.455 e. The lowest BCUT2D eigenvalue weighted by molar-refractivity contribution is 0.236. The molecule has 1 fully saturated rings. The van der Waals surface area contributed by atoms with Crippen molar-refractivity contribution in [1.29, 1.82) is 0 Å². The molecular formula is C23H24F5N5O3S2. The predicted octanol–water partition coefficient (Wildman–Crippen LogP) is 5.22. The lowest BCUT2D eigenvalue weighted by Gasteiger charge is -2.26. The second-order valence-electron chi connectivity index (χ2n) is 8.52. The summed E-state index contributed by atoms with van der Waals surface area (Å²) < 4.78 is 98.0. The first-order valence-electron chi connectivity index (χ1n) is 11.5. The number of hydrogen-bond donors (Lipinski definition) is 3. The number of thiophene rings is 1. The van der Waals surface area contributed by atoms with Gasteiger partial charge < -0.3 is 15.4 Å². The number of alkyl halides is 3. The molecule has 0 spiro atoms. The second-order valence-corrected chi connectivity index (χ2v) is 11.4. The van der Waals surface area contributed by atoms with Crippen LogP contribution in [0.4, 0.5) is 33.6 Å². The van der Waals surface area contributed by atoms with E-state index in [4.69, 9.17) is 4.74 Å². The fraction of sp³-hybridized carbons (Fsp3) is 0.391. The van der Waals surface area contributed by atoms with Crippen LogP contribution in [0.1, 0.15) is 23.8 Å². The van der Waals surface area contributed by atoms with Crippen molar-refractivity contribution in [3.8, 4) is 22.1 Å². The third-order valence-electron chi connectivity index (χ3n) is 5.75. The zero-order chi connectivity index (χ0) is 27.6. The third kappa shape index (κ3) is 6.15. The highest BCUT2D eigenvalue weighted by molar-refractivity contribution is 7.93. The monoisotopic (exact) mass is 577 g/mol. The van der Waals surface area contributed by atoms with Gasteiger partial charge in [0.15, 0.2) is 17.4 Å². The van der Waals surface area contributed by atoms with Crippen molar-refractivity contribution >= 4 is 33.0 Å². The molecule has 0 bridgehead atoms. The van der Waals surface area contributed by atoms with E-state index in [1.807, 2.05) is 13.8 Å². The standard InChI is InChI=1S/C23H24F5N5O3S2/c1-3-15-11(2)37-21(18-4-5-30-23(32-18)31-13-6-12(24)9-29-10-13)20(15)36-14-7-16(25)19(17(26)8-14)33-38(34,35)22(27)28/h4-5,7-8,12-13,22,29,33H,3,6,9-10H2,1-2H3,(H,30,31,32)/t12-,13-/m0/s1. The molecule has 3 N–H and O–H groups in total. The molecule has 0 aliphatic carbocycles. The van der Waals surface area contributed by atoms with E-state index in [1.165, 1.54) is 22.3 Å². The molecule has 38 heavy (non-hydrogen) atoms. The molecule has 2 atom stereocenters. The molecule has 0 radical (unpaired) electrons. The lowest BCUT2D eigenvalue weighted by Crippen LogP contribution is -2.44. The van der Waals surface area contributed by atoms with Gasteiger partial charge in [0, 0.05) is 54.3 Å².